The highest BCUT2D eigenvalue weighted by molar-refractivity contribution is 9.11. The Bertz CT molecular complexity index is 1080. The van der Waals surface area contributed by atoms with Crippen LogP contribution in [0.3, 0.4) is 0 Å². The Morgan fingerprint density at radius 3 is 2.21 bits per heavy atom. The van der Waals surface area contributed by atoms with Crippen LogP contribution in [-0.2, 0) is 11.2 Å². The molecule has 39 heavy (non-hydrogen) atoms. The number of carbonyl (C=O) groups excluding carboxylic acids is 2. The van der Waals surface area contributed by atoms with Crippen molar-refractivity contribution in [1.82, 2.24) is 9.80 Å². The summed E-state index contributed by atoms with van der Waals surface area (Å²) in [6.07, 6.45) is 8.13. The van der Waals surface area contributed by atoms with Gasteiger partial charge in [0.1, 0.15) is 5.75 Å². The number of allylic oxidation sites excluding steroid dienone is 3. The number of urea groups is 1. The van der Waals surface area contributed by atoms with Gasteiger partial charge < -0.3 is 26.4 Å². The number of halogens is 2. The molecule has 2 aliphatic heterocycles. The molecule has 0 aromatic heterocycles. The Labute approximate surface area is 250 Å². The van der Waals surface area contributed by atoms with Gasteiger partial charge >= 0.3 is 6.03 Å². The van der Waals surface area contributed by atoms with Crippen molar-refractivity contribution in [2.75, 3.05) is 26.2 Å². The van der Waals surface area contributed by atoms with Gasteiger partial charge in [0.05, 0.1) is 0 Å². The normalized spacial score (nSPS) is 16.4. The summed E-state index contributed by atoms with van der Waals surface area (Å²) < 4.78 is 1.89. The molecule has 5 N–H and O–H groups in total. The van der Waals surface area contributed by atoms with E-state index in [1.54, 1.807) is 11.0 Å². The van der Waals surface area contributed by atoms with E-state index in [-0.39, 0.29) is 17.7 Å². The van der Waals surface area contributed by atoms with Gasteiger partial charge in [-0.25, -0.2) is 4.79 Å². The zero-order valence-corrected chi connectivity index (χ0v) is 26.7. The molecule has 0 aliphatic carbocycles. The number of primary amides is 1. The molecular formula is C30H44Br2N4O3. The van der Waals surface area contributed by atoms with Crippen LogP contribution in [0.2, 0.25) is 0 Å². The molecule has 3 rings (SSSR count). The van der Waals surface area contributed by atoms with Gasteiger partial charge in [-0.3, -0.25) is 4.79 Å². The van der Waals surface area contributed by atoms with Gasteiger partial charge in [-0.05, 0) is 87.1 Å². The fraction of sp³-hybridized carbons (Fsp3) is 0.533. The molecule has 0 spiro atoms. The van der Waals surface area contributed by atoms with Crippen LogP contribution in [0, 0.1) is 5.92 Å². The quantitative estimate of drug-likeness (QED) is 0.277. The monoisotopic (exact) mass is 666 g/mol. The van der Waals surface area contributed by atoms with Crippen LogP contribution < -0.4 is 11.5 Å². The molecule has 0 radical (unpaired) electrons. The van der Waals surface area contributed by atoms with Crippen LogP contribution in [0.15, 0.2) is 45.0 Å². The van der Waals surface area contributed by atoms with Crippen LogP contribution in [0.1, 0.15) is 76.8 Å². The Balaban J connectivity index is 0.000000976. The van der Waals surface area contributed by atoms with E-state index >= 15 is 0 Å². The Hall–Kier alpha value is -2.26. The van der Waals surface area contributed by atoms with Gasteiger partial charge in [-0.1, -0.05) is 62.9 Å². The lowest BCUT2D eigenvalue weighted by Gasteiger charge is -2.34. The average Bonchev–Trinajstić information content (AvgIpc) is 2.88. The smallest absolute Gasteiger partial charge is 0.314 e. The van der Waals surface area contributed by atoms with Crippen molar-refractivity contribution in [3.05, 3.63) is 56.1 Å². The Morgan fingerprint density at radius 1 is 1.13 bits per heavy atom. The lowest BCUT2D eigenvalue weighted by Crippen LogP contribution is -2.43. The number of likely N-dealkylation sites (tertiary alicyclic amines) is 2. The zero-order chi connectivity index (χ0) is 29.1. The summed E-state index contributed by atoms with van der Waals surface area (Å²) in [7, 11) is 0. The molecule has 1 aromatic rings. The summed E-state index contributed by atoms with van der Waals surface area (Å²) in [6.45, 7) is 13.0. The fourth-order valence-electron chi connectivity index (χ4n) is 5.21. The molecule has 9 heteroatoms. The molecule has 2 heterocycles. The maximum absolute atomic E-state index is 13.0. The highest BCUT2D eigenvalue weighted by atomic mass is 79.9. The van der Waals surface area contributed by atoms with Crippen molar-refractivity contribution in [3.8, 4) is 5.75 Å². The van der Waals surface area contributed by atoms with Gasteiger partial charge in [0, 0.05) is 47.8 Å². The third-order valence-electron chi connectivity index (χ3n) is 7.22. The number of benzene rings is 1. The number of amides is 3. The minimum atomic E-state index is -0.368. The second kappa shape index (κ2) is 16.1. The van der Waals surface area contributed by atoms with Gasteiger partial charge in [-0.15, -0.1) is 0 Å². The molecule has 1 aromatic carbocycles. The van der Waals surface area contributed by atoms with Crippen molar-refractivity contribution in [2.45, 2.75) is 72.1 Å². The number of rotatable bonds is 7. The maximum Gasteiger partial charge on any atom is 0.314 e. The summed E-state index contributed by atoms with van der Waals surface area (Å²) in [5.41, 5.74) is 16.4. The van der Waals surface area contributed by atoms with E-state index < -0.39 is 0 Å². The van der Waals surface area contributed by atoms with Crippen LogP contribution in [-0.4, -0.2) is 53.0 Å². The molecule has 0 bridgehead atoms. The van der Waals surface area contributed by atoms with E-state index in [1.807, 2.05) is 17.9 Å². The number of aryl methyl sites for hydroxylation is 1. The standard InChI is InChI=1S/C27H38BrN3O3.C3H6BrN/c1-4-5-21-16-22(32)17-24(28)26(21)23(14-18(2)3)20-8-12-30(13-9-20)25(33)15-19-6-10-31(11-7-19)27(29)34;1-3(4)2-5/h16-17,19,32H,2,4-15H2,1,3H3,(H2,29,34);2H,5H2,1H3/b;3-2+. The zero-order valence-electron chi connectivity index (χ0n) is 23.6. The number of phenols is 1. The lowest BCUT2D eigenvalue weighted by molar-refractivity contribution is -0.132. The number of nitrogens with two attached hydrogens (primary N) is 2. The number of piperidine rings is 2. The molecular weight excluding hydrogens is 624 g/mol. The summed E-state index contributed by atoms with van der Waals surface area (Å²) in [6, 6.07) is 3.29. The van der Waals surface area contributed by atoms with E-state index in [0.29, 0.717) is 25.4 Å². The molecule has 2 aliphatic rings. The first-order valence-electron chi connectivity index (χ1n) is 13.7. The van der Waals surface area contributed by atoms with Crippen molar-refractivity contribution in [2.24, 2.45) is 17.4 Å². The fourth-order valence-corrected chi connectivity index (χ4v) is 5.93. The molecule has 2 fully saturated rings. The first-order valence-corrected chi connectivity index (χ1v) is 15.3. The predicted octanol–water partition coefficient (Wildman–Crippen LogP) is 6.83. The summed E-state index contributed by atoms with van der Waals surface area (Å²) in [4.78, 5) is 28.0. The Morgan fingerprint density at radius 2 is 1.72 bits per heavy atom. The summed E-state index contributed by atoms with van der Waals surface area (Å²) >= 11 is 6.82. The minimum Gasteiger partial charge on any atom is -0.508 e. The van der Waals surface area contributed by atoms with E-state index in [2.05, 4.69) is 52.3 Å². The highest BCUT2D eigenvalue weighted by Crippen LogP contribution is 2.39. The van der Waals surface area contributed by atoms with Crippen molar-refractivity contribution < 1.29 is 14.7 Å². The van der Waals surface area contributed by atoms with Crippen LogP contribution in [0.25, 0.3) is 5.57 Å². The highest BCUT2D eigenvalue weighted by Gasteiger charge is 2.27. The van der Waals surface area contributed by atoms with E-state index in [0.717, 1.165) is 78.1 Å². The maximum atomic E-state index is 13.0. The second-order valence-corrected chi connectivity index (χ2v) is 12.6. The average molecular weight is 669 g/mol. The number of nitrogens with zero attached hydrogens (tertiary/aromatic N) is 2. The first-order chi connectivity index (χ1) is 18.5. The SMILES string of the molecule is C/C(Br)=C\N.C=C(C)CC(=C1CCN(C(=O)CC2CCN(C(N)=O)CC2)CC1)c1c(Br)cc(O)cc1CCC. The molecule has 216 valence electrons. The molecule has 0 unspecified atom stereocenters. The van der Waals surface area contributed by atoms with Crippen LogP contribution in [0.4, 0.5) is 4.79 Å². The molecule has 3 amide bonds. The summed E-state index contributed by atoms with van der Waals surface area (Å²) in [5, 5.41) is 10.2. The van der Waals surface area contributed by atoms with E-state index in [1.165, 1.54) is 22.9 Å². The van der Waals surface area contributed by atoms with Crippen LogP contribution >= 0.6 is 31.9 Å². The number of carbonyl (C=O) groups is 2. The first kappa shape index (κ1) is 32.9. The number of hydrogen-bond donors (Lipinski definition) is 3. The number of hydrogen-bond acceptors (Lipinski definition) is 4. The van der Waals surface area contributed by atoms with Gasteiger partial charge in [-0.2, -0.15) is 0 Å². The van der Waals surface area contributed by atoms with Crippen molar-refractivity contribution in [3.63, 3.8) is 0 Å². The Kier molecular flexibility index (Phi) is 13.6. The van der Waals surface area contributed by atoms with E-state index in [9.17, 15) is 14.7 Å². The molecule has 2 saturated heterocycles. The molecule has 7 nitrogen and oxygen atoms in total. The number of phenolic OH excluding ortho intramolecular Hbond substituents is 1. The second-order valence-electron chi connectivity index (χ2n) is 10.5. The summed E-state index contributed by atoms with van der Waals surface area (Å²) in [5.74, 6) is 0.819. The molecule has 0 atom stereocenters. The van der Waals surface area contributed by atoms with Crippen LogP contribution in [0.5, 0.6) is 5.75 Å². The van der Waals surface area contributed by atoms with Gasteiger partial charge in [0.2, 0.25) is 5.91 Å². The largest absolute Gasteiger partial charge is 0.508 e. The van der Waals surface area contributed by atoms with Crippen molar-refractivity contribution >= 4 is 49.4 Å². The predicted molar refractivity (Wildman–Crippen MR) is 167 cm³/mol. The van der Waals surface area contributed by atoms with Crippen molar-refractivity contribution in [1.29, 1.82) is 0 Å². The number of aromatic hydroxyl groups is 1. The lowest BCUT2D eigenvalue weighted by atomic mass is 9.86. The minimum absolute atomic E-state index is 0.218. The third-order valence-corrected chi connectivity index (χ3v) is 8.11. The topological polar surface area (TPSA) is 113 Å². The molecule has 0 saturated carbocycles. The van der Waals surface area contributed by atoms with E-state index in [4.69, 9.17) is 11.5 Å². The third kappa shape index (κ3) is 10.3. The van der Waals surface area contributed by atoms with Gasteiger partial charge in [0.15, 0.2) is 0 Å². The van der Waals surface area contributed by atoms with Gasteiger partial charge in [0.25, 0.3) is 0 Å².